The fourth-order valence-corrected chi connectivity index (χ4v) is 2.07. The highest BCUT2D eigenvalue weighted by molar-refractivity contribution is 6.32. The quantitative estimate of drug-likeness (QED) is 0.379. The number of hydrogen-bond donors (Lipinski definition) is 6. The van der Waals surface area contributed by atoms with Crippen molar-refractivity contribution in [3.63, 3.8) is 0 Å². The minimum atomic E-state index is -1.34. The molecule has 0 amide bonds. The number of halogens is 1. The Labute approximate surface area is 119 Å². The zero-order chi connectivity index (χ0) is 14.9. The topological polar surface area (TPSA) is 130 Å². The van der Waals surface area contributed by atoms with Gasteiger partial charge >= 0.3 is 0 Å². The molecule has 8 nitrogen and oxygen atoms in total. The molecule has 1 heterocycles. The molecule has 112 valence electrons. The summed E-state index contributed by atoms with van der Waals surface area (Å²) in [5.41, 5.74) is 0.266. The van der Waals surface area contributed by atoms with Crippen molar-refractivity contribution in [1.29, 1.82) is 0 Å². The molecule has 1 aliphatic rings. The van der Waals surface area contributed by atoms with Crippen molar-refractivity contribution in [2.24, 2.45) is 0 Å². The van der Waals surface area contributed by atoms with Crippen molar-refractivity contribution in [3.8, 4) is 0 Å². The Morgan fingerprint density at radius 3 is 2.65 bits per heavy atom. The molecule has 1 aliphatic heterocycles. The Kier molecular flexibility index (Phi) is 4.78. The van der Waals surface area contributed by atoms with E-state index in [-0.39, 0.29) is 17.3 Å². The predicted octanol–water partition coefficient (Wildman–Crippen LogP) is -1.41. The SMILES string of the molecule is [O-][NH+](O)c1cc(N[C@@H]2OC[C@@H](O)[C@@H](O)[C@H]2O)ccc1Cl. The second-order valence-electron chi connectivity index (χ2n) is 4.45. The van der Waals surface area contributed by atoms with E-state index in [2.05, 4.69) is 5.32 Å². The van der Waals surface area contributed by atoms with Crippen LogP contribution in [-0.4, -0.2) is 51.7 Å². The van der Waals surface area contributed by atoms with Gasteiger partial charge in [0.2, 0.25) is 0 Å². The van der Waals surface area contributed by atoms with Crippen LogP contribution in [-0.2, 0) is 4.74 Å². The zero-order valence-electron chi connectivity index (χ0n) is 10.2. The maximum Gasteiger partial charge on any atom is 0.184 e. The monoisotopic (exact) mass is 306 g/mol. The van der Waals surface area contributed by atoms with E-state index in [0.717, 1.165) is 0 Å². The maximum atomic E-state index is 11.0. The summed E-state index contributed by atoms with van der Waals surface area (Å²) in [4.78, 5) is 0. The van der Waals surface area contributed by atoms with Crippen LogP contribution in [0.5, 0.6) is 0 Å². The third kappa shape index (κ3) is 3.19. The van der Waals surface area contributed by atoms with Gasteiger partial charge in [0.05, 0.1) is 6.61 Å². The van der Waals surface area contributed by atoms with Crippen LogP contribution >= 0.6 is 11.6 Å². The van der Waals surface area contributed by atoms with Crippen molar-refractivity contribution < 1.29 is 30.5 Å². The molecule has 0 aromatic heterocycles. The summed E-state index contributed by atoms with van der Waals surface area (Å²) in [5.74, 6) is 0. The standard InChI is InChI=1S/C11H15ClN2O6/c12-6-2-1-5(3-7(6)14(18)19)13-11-10(17)9(16)8(15)4-20-11/h1-3,8-11,13-18H,4H2/t8-,9-,10-,11-/m1/s1. The third-order valence-electron chi connectivity index (χ3n) is 3.01. The van der Waals surface area contributed by atoms with Crippen LogP contribution in [0.15, 0.2) is 18.2 Å². The van der Waals surface area contributed by atoms with Gasteiger partial charge in [0.25, 0.3) is 0 Å². The largest absolute Gasteiger partial charge is 0.595 e. The smallest absolute Gasteiger partial charge is 0.184 e. The van der Waals surface area contributed by atoms with Gasteiger partial charge in [0, 0.05) is 11.8 Å². The summed E-state index contributed by atoms with van der Waals surface area (Å²) < 4.78 is 5.16. The minimum absolute atomic E-state index is 0.0867. The molecule has 20 heavy (non-hydrogen) atoms. The summed E-state index contributed by atoms with van der Waals surface area (Å²) >= 11 is 5.74. The van der Waals surface area contributed by atoms with E-state index in [1.807, 2.05) is 0 Å². The number of rotatable bonds is 3. The highest BCUT2D eigenvalue weighted by Crippen LogP contribution is 2.24. The lowest BCUT2D eigenvalue weighted by Crippen LogP contribution is -2.99. The first-order valence-corrected chi connectivity index (χ1v) is 6.23. The summed E-state index contributed by atoms with van der Waals surface area (Å²) in [5, 5.41) is 50.2. The molecule has 0 saturated carbocycles. The number of benzene rings is 1. The van der Waals surface area contributed by atoms with Crippen LogP contribution in [0.1, 0.15) is 0 Å². The van der Waals surface area contributed by atoms with Gasteiger partial charge in [0.1, 0.15) is 23.3 Å². The molecule has 1 aromatic rings. The Bertz CT molecular complexity index is 474. The van der Waals surface area contributed by atoms with Crippen molar-refractivity contribution in [3.05, 3.63) is 28.4 Å². The lowest BCUT2D eigenvalue weighted by atomic mass is 10.0. The molecule has 0 radical (unpaired) electrons. The highest BCUT2D eigenvalue weighted by Gasteiger charge is 2.37. The molecule has 2 rings (SSSR count). The van der Waals surface area contributed by atoms with Gasteiger partial charge in [-0.3, -0.25) is 0 Å². The maximum absolute atomic E-state index is 11.0. The molecule has 0 spiro atoms. The molecule has 1 aromatic carbocycles. The summed E-state index contributed by atoms with van der Waals surface area (Å²) in [6.45, 7) is -0.144. The van der Waals surface area contributed by atoms with Crippen LogP contribution in [0.25, 0.3) is 0 Å². The molecule has 0 aliphatic carbocycles. The van der Waals surface area contributed by atoms with E-state index in [4.69, 9.17) is 21.5 Å². The molecule has 6 N–H and O–H groups in total. The molecule has 1 fully saturated rings. The second kappa shape index (κ2) is 6.20. The van der Waals surface area contributed by atoms with E-state index in [9.17, 15) is 20.5 Å². The number of aliphatic hydroxyl groups is 3. The van der Waals surface area contributed by atoms with Gasteiger partial charge in [-0.25, -0.2) is 5.21 Å². The summed E-state index contributed by atoms with van der Waals surface area (Å²) in [6.07, 6.45) is -4.81. The van der Waals surface area contributed by atoms with Gasteiger partial charge in [-0.15, -0.1) is 0 Å². The van der Waals surface area contributed by atoms with Crippen molar-refractivity contribution >= 4 is 23.0 Å². The number of ether oxygens (including phenoxy) is 1. The van der Waals surface area contributed by atoms with Gasteiger partial charge in [-0.1, -0.05) is 11.6 Å². The number of hydrogen-bond acceptors (Lipinski definition) is 7. The summed E-state index contributed by atoms with van der Waals surface area (Å²) in [6, 6.07) is 4.20. The van der Waals surface area contributed by atoms with Gasteiger partial charge in [-0.05, 0) is 12.1 Å². The first kappa shape index (κ1) is 15.4. The van der Waals surface area contributed by atoms with Crippen molar-refractivity contribution in [2.75, 3.05) is 11.9 Å². The lowest BCUT2D eigenvalue weighted by Gasteiger charge is -2.36. The molecule has 9 heteroatoms. The number of quaternary nitrogens is 1. The predicted molar refractivity (Wildman–Crippen MR) is 68.6 cm³/mol. The van der Waals surface area contributed by atoms with Crippen LogP contribution in [0.4, 0.5) is 11.4 Å². The number of nitrogens with one attached hydrogen (secondary N) is 2. The Balaban J connectivity index is 2.12. The highest BCUT2D eigenvalue weighted by atomic mass is 35.5. The third-order valence-corrected chi connectivity index (χ3v) is 3.34. The molecule has 0 bridgehead atoms. The van der Waals surface area contributed by atoms with E-state index in [1.165, 1.54) is 18.2 Å². The van der Waals surface area contributed by atoms with Gasteiger partial charge < -0.3 is 30.6 Å². The van der Waals surface area contributed by atoms with Crippen LogP contribution in [0.3, 0.4) is 0 Å². The Morgan fingerprint density at radius 1 is 1.30 bits per heavy atom. The number of aliphatic hydroxyl groups excluding tert-OH is 3. The number of anilines is 1. The van der Waals surface area contributed by atoms with Crippen LogP contribution < -0.4 is 10.5 Å². The van der Waals surface area contributed by atoms with Gasteiger partial charge in [0.15, 0.2) is 11.9 Å². The minimum Gasteiger partial charge on any atom is -0.595 e. The lowest BCUT2D eigenvalue weighted by molar-refractivity contribution is -0.991. The summed E-state index contributed by atoms with van der Waals surface area (Å²) in [7, 11) is 0. The zero-order valence-corrected chi connectivity index (χ0v) is 11.0. The molecule has 1 saturated heterocycles. The molecule has 1 unspecified atom stereocenters. The van der Waals surface area contributed by atoms with Gasteiger partial charge in [-0.2, -0.15) is 5.23 Å². The fraction of sp³-hybridized carbons (Fsp3) is 0.455. The average molecular weight is 307 g/mol. The fourth-order valence-electron chi connectivity index (χ4n) is 1.88. The Morgan fingerprint density at radius 2 is 2.00 bits per heavy atom. The van der Waals surface area contributed by atoms with E-state index in [0.29, 0.717) is 5.69 Å². The molecular weight excluding hydrogens is 292 g/mol. The van der Waals surface area contributed by atoms with Crippen molar-refractivity contribution in [2.45, 2.75) is 24.5 Å². The Hall–Kier alpha value is -0.970. The van der Waals surface area contributed by atoms with E-state index < -0.39 is 29.8 Å². The first-order chi connectivity index (χ1) is 9.40. The normalized spacial score (nSPS) is 31.9. The first-order valence-electron chi connectivity index (χ1n) is 5.85. The average Bonchev–Trinajstić information content (AvgIpc) is 2.41. The van der Waals surface area contributed by atoms with E-state index in [1.54, 1.807) is 0 Å². The van der Waals surface area contributed by atoms with Crippen molar-refractivity contribution in [1.82, 2.24) is 0 Å². The molecule has 5 atom stereocenters. The van der Waals surface area contributed by atoms with Crippen LogP contribution in [0.2, 0.25) is 5.02 Å². The second-order valence-corrected chi connectivity index (χ2v) is 4.85. The van der Waals surface area contributed by atoms with E-state index >= 15 is 0 Å². The van der Waals surface area contributed by atoms with Crippen LogP contribution in [0, 0.1) is 5.21 Å². The molecular formula is C11H15ClN2O6.